The Kier molecular flexibility index (Phi) is 4.51. The van der Waals surface area contributed by atoms with Gasteiger partial charge in [-0.3, -0.25) is 9.48 Å². The second kappa shape index (κ2) is 6.96. The van der Waals surface area contributed by atoms with Crippen LogP contribution in [0.15, 0.2) is 41.1 Å². The highest BCUT2D eigenvalue weighted by Crippen LogP contribution is 2.28. The number of benzene rings is 1. The zero-order chi connectivity index (χ0) is 18.1. The minimum Gasteiger partial charge on any atom is -0.360 e. The number of amides is 1. The molecular formula is C19H19ClN4O2. The molecule has 3 aromatic rings. The van der Waals surface area contributed by atoms with E-state index in [2.05, 4.69) is 22.5 Å². The third-order valence-corrected chi connectivity index (χ3v) is 4.85. The summed E-state index contributed by atoms with van der Waals surface area (Å²) in [7, 11) is 0. The molecule has 0 aliphatic heterocycles. The smallest absolute Gasteiger partial charge is 0.279 e. The van der Waals surface area contributed by atoms with Gasteiger partial charge in [0.2, 0.25) is 0 Å². The van der Waals surface area contributed by atoms with Crippen LogP contribution in [0.3, 0.4) is 0 Å². The number of carbonyl (C=O) groups excluding carboxylic acids is 1. The molecule has 1 aliphatic rings. The van der Waals surface area contributed by atoms with Gasteiger partial charge in [0, 0.05) is 29.3 Å². The summed E-state index contributed by atoms with van der Waals surface area (Å²) in [6.07, 6.45) is 4.55. The van der Waals surface area contributed by atoms with Gasteiger partial charge in [-0.1, -0.05) is 35.8 Å². The van der Waals surface area contributed by atoms with E-state index in [9.17, 15) is 4.79 Å². The lowest BCUT2D eigenvalue weighted by atomic mass is 9.88. The first-order valence-corrected chi connectivity index (χ1v) is 9.03. The van der Waals surface area contributed by atoms with Gasteiger partial charge in [-0.05, 0) is 36.5 Å². The van der Waals surface area contributed by atoms with Crippen LogP contribution in [0.5, 0.6) is 0 Å². The molecule has 0 saturated carbocycles. The number of hydrogen-bond donors (Lipinski definition) is 1. The lowest BCUT2D eigenvalue weighted by Gasteiger charge is -2.16. The third-order valence-electron chi connectivity index (χ3n) is 4.62. The monoisotopic (exact) mass is 370 g/mol. The lowest BCUT2D eigenvalue weighted by molar-refractivity contribution is 0.101. The Labute approximate surface area is 156 Å². The number of rotatable bonds is 4. The number of fused-ring (bicyclic) bond motifs is 1. The van der Waals surface area contributed by atoms with Gasteiger partial charge in [0.05, 0.1) is 6.54 Å². The fourth-order valence-corrected chi connectivity index (χ4v) is 3.48. The molecular weight excluding hydrogens is 352 g/mol. The van der Waals surface area contributed by atoms with Crippen molar-refractivity contribution in [3.05, 3.63) is 64.1 Å². The first-order valence-electron chi connectivity index (χ1n) is 8.65. The van der Waals surface area contributed by atoms with Gasteiger partial charge in [0.1, 0.15) is 5.76 Å². The van der Waals surface area contributed by atoms with Crippen molar-refractivity contribution in [1.29, 1.82) is 0 Å². The van der Waals surface area contributed by atoms with Crippen LogP contribution in [-0.2, 0) is 19.4 Å². The Hall–Kier alpha value is -2.60. The molecule has 0 saturated heterocycles. The van der Waals surface area contributed by atoms with Gasteiger partial charge in [-0.15, -0.1) is 0 Å². The van der Waals surface area contributed by atoms with Crippen molar-refractivity contribution in [1.82, 2.24) is 14.9 Å². The van der Waals surface area contributed by atoms with E-state index >= 15 is 0 Å². The van der Waals surface area contributed by atoms with Gasteiger partial charge in [0.25, 0.3) is 5.91 Å². The van der Waals surface area contributed by atoms with Crippen LogP contribution < -0.4 is 5.32 Å². The molecule has 0 bridgehead atoms. The molecule has 1 atom stereocenters. The SMILES string of the molecule is CC1CCc2onc(C(=O)Nc3ccn(Cc4cccc(Cl)c4)n3)c2C1. The average molecular weight is 371 g/mol. The van der Waals surface area contributed by atoms with Gasteiger partial charge in [-0.2, -0.15) is 5.10 Å². The van der Waals surface area contributed by atoms with Crippen LogP contribution in [0.4, 0.5) is 5.82 Å². The number of hydrogen-bond acceptors (Lipinski definition) is 4. The molecule has 1 amide bonds. The highest BCUT2D eigenvalue weighted by Gasteiger charge is 2.27. The van der Waals surface area contributed by atoms with Crippen molar-refractivity contribution in [3.63, 3.8) is 0 Å². The molecule has 6 nitrogen and oxygen atoms in total. The van der Waals surface area contributed by atoms with Crippen molar-refractivity contribution in [3.8, 4) is 0 Å². The van der Waals surface area contributed by atoms with E-state index in [1.165, 1.54) is 0 Å². The van der Waals surface area contributed by atoms with E-state index in [1.807, 2.05) is 30.5 Å². The summed E-state index contributed by atoms with van der Waals surface area (Å²) >= 11 is 6.01. The Morgan fingerprint density at radius 3 is 3.15 bits per heavy atom. The lowest BCUT2D eigenvalue weighted by Crippen LogP contribution is -2.18. The fraction of sp³-hybridized carbons (Fsp3) is 0.316. The van der Waals surface area contributed by atoms with E-state index in [4.69, 9.17) is 16.1 Å². The second-order valence-corrected chi connectivity index (χ2v) is 7.20. The molecule has 7 heteroatoms. The zero-order valence-electron chi connectivity index (χ0n) is 14.4. The molecule has 0 fully saturated rings. The minimum atomic E-state index is -0.280. The number of halogens is 1. The Bertz CT molecular complexity index is 947. The molecule has 2 aromatic heterocycles. The van der Waals surface area contributed by atoms with Crippen molar-refractivity contribution >= 4 is 23.3 Å². The highest BCUT2D eigenvalue weighted by molar-refractivity contribution is 6.30. The van der Waals surface area contributed by atoms with Crippen LogP contribution in [-0.4, -0.2) is 20.8 Å². The van der Waals surface area contributed by atoms with E-state index in [1.54, 1.807) is 10.7 Å². The fourth-order valence-electron chi connectivity index (χ4n) is 3.27. The maximum atomic E-state index is 12.6. The molecule has 1 aliphatic carbocycles. The Balaban J connectivity index is 1.46. The summed E-state index contributed by atoms with van der Waals surface area (Å²) in [5.41, 5.74) is 2.34. The summed E-state index contributed by atoms with van der Waals surface area (Å²) in [4.78, 5) is 12.6. The first kappa shape index (κ1) is 16.8. The molecule has 1 N–H and O–H groups in total. The number of carbonyl (C=O) groups is 1. The predicted octanol–water partition coefficient (Wildman–Crippen LogP) is 3.95. The number of aromatic nitrogens is 3. The maximum absolute atomic E-state index is 12.6. The average Bonchev–Trinajstić information content (AvgIpc) is 3.21. The Morgan fingerprint density at radius 2 is 2.31 bits per heavy atom. The van der Waals surface area contributed by atoms with Gasteiger partial charge >= 0.3 is 0 Å². The standard InChI is InChI=1S/C19H19ClN4O2/c1-12-5-6-16-15(9-12)18(23-26-16)19(25)21-17-7-8-24(22-17)11-13-3-2-4-14(20)10-13/h2-4,7-8,10,12H,5-6,9,11H2,1H3,(H,21,22,25). The van der Waals surface area contributed by atoms with Gasteiger partial charge < -0.3 is 9.84 Å². The van der Waals surface area contributed by atoms with Gasteiger partial charge in [0.15, 0.2) is 11.5 Å². The summed E-state index contributed by atoms with van der Waals surface area (Å²) < 4.78 is 7.09. The minimum absolute atomic E-state index is 0.280. The quantitative estimate of drug-likeness (QED) is 0.754. The molecule has 0 radical (unpaired) electrons. The largest absolute Gasteiger partial charge is 0.360 e. The summed E-state index contributed by atoms with van der Waals surface area (Å²) in [6.45, 7) is 2.75. The van der Waals surface area contributed by atoms with Crippen LogP contribution in [0.25, 0.3) is 0 Å². The van der Waals surface area contributed by atoms with Gasteiger partial charge in [-0.25, -0.2) is 0 Å². The molecule has 1 aromatic carbocycles. The van der Waals surface area contributed by atoms with Crippen LogP contribution in [0.1, 0.15) is 40.7 Å². The van der Waals surface area contributed by atoms with Crippen LogP contribution >= 0.6 is 11.6 Å². The molecule has 2 heterocycles. The molecule has 1 unspecified atom stereocenters. The van der Waals surface area contributed by atoms with E-state index in [-0.39, 0.29) is 5.91 Å². The summed E-state index contributed by atoms with van der Waals surface area (Å²) in [5, 5.41) is 11.9. The molecule has 134 valence electrons. The highest BCUT2D eigenvalue weighted by atomic mass is 35.5. The van der Waals surface area contributed by atoms with Crippen LogP contribution in [0.2, 0.25) is 5.02 Å². The van der Waals surface area contributed by atoms with E-state index in [0.717, 1.165) is 36.1 Å². The summed E-state index contributed by atoms with van der Waals surface area (Å²) in [5.74, 6) is 1.57. The van der Waals surface area contributed by atoms with Crippen LogP contribution in [0, 0.1) is 5.92 Å². The third kappa shape index (κ3) is 3.51. The summed E-state index contributed by atoms with van der Waals surface area (Å²) in [6, 6.07) is 9.37. The molecule has 26 heavy (non-hydrogen) atoms. The van der Waals surface area contributed by atoms with Crippen molar-refractivity contribution in [2.45, 2.75) is 32.7 Å². The topological polar surface area (TPSA) is 73.0 Å². The van der Waals surface area contributed by atoms with Crippen molar-refractivity contribution in [2.24, 2.45) is 5.92 Å². The van der Waals surface area contributed by atoms with Crippen molar-refractivity contribution in [2.75, 3.05) is 5.32 Å². The predicted molar refractivity (Wildman–Crippen MR) is 98.4 cm³/mol. The number of nitrogens with zero attached hydrogens (tertiary/aromatic N) is 3. The van der Waals surface area contributed by atoms with E-state index in [0.29, 0.717) is 29.0 Å². The van der Waals surface area contributed by atoms with Crippen molar-refractivity contribution < 1.29 is 9.32 Å². The molecule has 4 rings (SSSR count). The second-order valence-electron chi connectivity index (χ2n) is 6.76. The Morgan fingerprint density at radius 1 is 1.42 bits per heavy atom. The number of nitrogens with one attached hydrogen (secondary N) is 1. The normalized spacial score (nSPS) is 16.3. The number of aryl methyl sites for hydroxylation is 1. The molecule has 0 spiro atoms. The maximum Gasteiger partial charge on any atom is 0.279 e. The zero-order valence-corrected chi connectivity index (χ0v) is 15.2. The van der Waals surface area contributed by atoms with E-state index < -0.39 is 0 Å². The number of anilines is 1. The first-order chi connectivity index (χ1) is 12.6.